The number of methoxy groups -OCH3 is 2. The molecule has 6 nitrogen and oxygen atoms in total. The van der Waals surface area contributed by atoms with Crippen molar-refractivity contribution >= 4 is 29.4 Å². The molecule has 0 fully saturated rings. The van der Waals surface area contributed by atoms with Crippen molar-refractivity contribution < 1.29 is 14.3 Å². The van der Waals surface area contributed by atoms with Crippen LogP contribution in [0.15, 0.2) is 47.6 Å². The van der Waals surface area contributed by atoms with Crippen molar-refractivity contribution in [1.82, 2.24) is 5.43 Å². The lowest BCUT2D eigenvalue weighted by Crippen LogP contribution is -2.25. The molecule has 0 spiro atoms. The highest BCUT2D eigenvalue weighted by Crippen LogP contribution is 2.29. The molecule has 1 amide bonds. The Morgan fingerprint density at radius 3 is 2.58 bits per heavy atom. The van der Waals surface area contributed by atoms with E-state index in [-0.39, 0.29) is 12.5 Å². The van der Waals surface area contributed by atoms with Gasteiger partial charge in [0.15, 0.2) is 11.5 Å². The molecular formula is C17H18ClN3O3. The van der Waals surface area contributed by atoms with Crippen LogP contribution in [-0.4, -0.2) is 32.9 Å². The van der Waals surface area contributed by atoms with Crippen molar-refractivity contribution in [3.05, 3.63) is 53.1 Å². The Hall–Kier alpha value is -2.73. The zero-order valence-corrected chi connectivity index (χ0v) is 14.1. The predicted molar refractivity (Wildman–Crippen MR) is 95.2 cm³/mol. The molecule has 0 bridgehead atoms. The second-order valence-corrected chi connectivity index (χ2v) is 5.17. The zero-order chi connectivity index (χ0) is 17.4. The Balaban J connectivity index is 1.89. The number of benzene rings is 2. The number of hydrazone groups is 1. The van der Waals surface area contributed by atoms with E-state index in [9.17, 15) is 4.79 Å². The molecule has 0 aliphatic carbocycles. The van der Waals surface area contributed by atoms with Gasteiger partial charge >= 0.3 is 0 Å². The van der Waals surface area contributed by atoms with E-state index in [1.807, 2.05) is 12.1 Å². The summed E-state index contributed by atoms with van der Waals surface area (Å²) in [7, 11) is 3.10. The van der Waals surface area contributed by atoms with Crippen LogP contribution in [0.1, 0.15) is 5.56 Å². The SMILES string of the molecule is COc1cccc(/C=N\NC(=O)CNc2ccc(Cl)cc2)c1OC. The minimum absolute atomic E-state index is 0.0915. The lowest BCUT2D eigenvalue weighted by Gasteiger charge is -2.09. The van der Waals surface area contributed by atoms with Crippen LogP contribution in [0, 0.1) is 0 Å². The third-order valence-corrected chi connectivity index (χ3v) is 3.38. The van der Waals surface area contributed by atoms with E-state index in [1.54, 1.807) is 44.6 Å². The number of carbonyl (C=O) groups excluding carboxylic acids is 1. The first-order valence-electron chi connectivity index (χ1n) is 7.16. The minimum Gasteiger partial charge on any atom is -0.493 e. The normalized spacial score (nSPS) is 10.5. The molecule has 2 rings (SSSR count). The van der Waals surface area contributed by atoms with Gasteiger partial charge < -0.3 is 14.8 Å². The molecule has 126 valence electrons. The van der Waals surface area contributed by atoms with Gasteiger partial charge in [-0.3, -0.25) is 4.79 Å². The Bertz CT molecular complexity index is 718. The first-order chi connectivity index (χ1) is 11.6. The number of rotatable bonds is 7. The number of hydrogen-bond donors (Lipinski definition) is 2. The lowest BCUT2D eigenvalue weighted by molar-refractivity contribution is -0.119. The van der Waals surface area contributed by atoms with Crippen molar-refractivity contribution in [2.24, 2.45) is 5.10 Å². The third-order valence-electron chi connectivity index (χ3n) is 3.12. The van der Waals surface area contributed by atoms with E-state index in [1.165, 1.54) is 6.21 Å². The highest BCUT2D eigenvalue weighted by molar-refractivity contribution is 6.30. The average Bonchev–Trinajstić information content (AvgIpc) is 2.61. The number of carbonyl (C=O) groups is 1. The van der Waals surface area contributed by atoms with Gasteiger partial charge in [0, 0.05) is 16.3 Å². The largest absolute Gasteiger partial charge is 0.493 e. The van der Waals surface area contributed by atoms with Gasteiger partial charge in [0.1, 0.15) is 0 Å². The topological polar surface area (TPSA) is 72.0 Å². The molecule has 0 unspecified atom stereocenters. The van der Waals surface area contributed by atoms with Crippen LogP contribution in [0.3, 0.4) is 0 Å². The van der Waals surface area contributed by atoms with Crippen LogP contribution in [0.2, 0.25) is 5.02 Å². The summed E-state index contributed by atoms with van der Waals surface area (Å²) < 4.78 is 10.5. The predicted octanol–water partition coefficient (Wildman–Crippen LogP) is 2.92. The molecule has 2 N–H and O–H groups in total. The van der Waals surface area contributed by atoms with Crippen molar-refractivity contribution in [1.29, 1.82) is 0 Å². The fraction of sp³-hybridized carbons (Fsp3) is 0.176. The number of hydrogen-bond acceptors (Lipinski definition) is 5. The van der Waals surface area contributed by atoms with Crippen LogP contribution in [0.4, 0.5) is 5.69 Å². The molecule has 0 aromatic heterocycles. The number of nitrogens with zero attached hydrogens (tertiary/aromatic N) is 1. The fourth-order valence-electron chi connectivity index (χ4n) is 1.98. The third kappa shape index (κ3) is 4.89. The molecule has 0 aliphatic rings. The second-order valence-electron chi connectivity index (χ2n) is 4.74. The molecule has 24 heavy (non-hydrogen) atoms. The molecular weight excluding hydrogens is 330 g/mol. The van der Waals surface area contributed by atoms with Crippen molar-refractivity contribution in [2.75, 3.05) is 26.1 Å². The van der Waals surface area contributed by atoms with Gasteiger partial charge in [0.25, 0.3) is 5.91 Å². The molecule has 2 aromatic rings. The van der Waals surface area contributed by atoms with E-state index in [0.717, 1.165) is 5.69 Å². The summed E-state index contributed by atoms with van der Waals surface area (Å²) in [5.41, 5.74) is 3.94. The molecule has 0 saturated carbocycles. The number of amides is 1. The molecule has 0 aliphatic heterocycles. The summed E-state index contributed by atoms with van der Waals surface area (Å²) >= 11 is 5.80. The number of anilines is 1. The number of nitrogens with one attached hydrogen (secondary N) is 2. The smallest absolute Gasteiger partial charge is 0.259 e. The van der Waals surface area contributed by atoms with E-state index in [4.69, 9.17) is 21.1 Å². The van der Waals surface area contributed by atoms with Gasteiger partial charge in [-0.15, -0.1) is 0 Å². The molecule has 0 atom stereocenters. The van der Waals surface area contributed by atoms with Crippen LogP contribution in [-0.2, 0) is 4.79 Å². The summed E-state index contributed by atoms with van der Waals surface area (Å²) in [4.78, 5) is 11.8. The minimum atomic E-state index is -0.275. The Morgan fingerprint density at radius 2 is 1.92 bits per heavy atom. The number of halogens is 1. The van der Waals surface area contributed by atoms with E-state index < -0.39 is 0 Å². The van der Waals surface area contributed by atoms with Gasteiger partial charge in [-0.1, -0.05) is 17.7 Å². The van der Waals surface area contributed by atoms with Crippen molar-refractivity contribution in [3.8, 4) is 11.5 Å². The monoisotopic (exact) mass is 347 g/mol. The maximum atomic E-state index is 11.8. The first-order valence-corrected chi connectivity index (χ1v) is 7.54. The standard InChI is InChI=1S/C17H18ClN3O3/c1-23-15-5-3-4-12(17(15)24-2)10-20-21-16(22)11-19-14-8-6-13(18)7-9-14/h3-10,19H,11H2,1-2H3,(H,21,22)/b20-10-. The van der Waals surface area contributed by atoms with Gasteiger partial charge in [-0.2, -0.15) is 5.10 Å². The Labute approximate surface area is 145 Å². The van der Waals surface area contributed by atoms with Crippen molar-refractivity contribution in [3.63, 3.8) is 0 Å². The Morgan fingerprint density at radius 1 is 1.17 bits per heavy atom. The van der Waals surface area contributed by atoms with E-state index in [0.29, 0.717) is 22.1 Å². The van der Waals surface area contributed by atoms with Crippen LogP contribution < -0.4 is 20.2 Å². The number of para-hydroxylation sites is 1. The highest BCUT2D eigenvalue weighted by atomic mass is 35.5. The summed E-state index contributed by atoms with van der Waals surface area (Å²) in [5, 5.41) is 7.54. The molecule has 7 heteroatoms. The van der Waals surface area contributed by atoms with Gasteiger partial charge in [-0.25, -0.2) is 5.43 Å². The summed E-state index contributed by atoms with van der Waals surface area (Å²) in [6.07, 6.45) is 1.50. The van der Waals surface area contributed by atoms with Gasteiger partial charge in [0.2, 0.25) is 0 Å². The molecule has 0 heterocycles. The van der Waals surface area contributed by atoms with Crippen LogP contribution in [0.25, 0.3) is 0 Å². The van der Waals surface area contributed by atoms with Crippen LogP contribution >= 0.6 is 11.6 Å². The van der Waals surface area contributed by atoms with Gasteiger partial charge in [0.05, 0.1) is 27.0 Å². The van der Waals surface area contributed by atoms with E-state index in [2.05, 4.69) is 15.8 Å². The van der Waals surface area contributed by atoms with Gasteiger partial charge in [-0.05, 0) is 36.4 Å². The summed E-state index contributed by atoms with van der Waals surface area (Å²) in [5.74, 6) is 0.873. The molecule has 0 saturated heterocycles. The molecule has 0 radical (unpaired) electrons. The first kappa shape index (κ1) is 17.6. The Kier molecular flexibility index (Phi) is 6.45. The average molecular weight is 348 g/mol. The molecule has 2 aromatic carbocycles. The fourth-order valence-corrected chi connectivity index (χ4v) is 2.10. The summed E-state index contributed by atoms with van der Waals surface area (Å²) in [6, 6.07) is 12.5. The second kappa shape index (κ2) is 8.79. The highest BCUT2D eigenvalue weighted by Gasteiger charge is 2.07. The van der Waals surface area contributed by atoms with Crippen molar-refractivity contribution in [2.45, 2.75) is 0 Å². The van der Waals surface area contributed by atoms with E-state index >= 15 is 0 Å². The van der Waals surface area contributed by atoms with Crippen LogP contribution in [0.5, 0.6) is 11.5 Å². The zero-order valence-electron chi connectivity index (χ0n) is 13.4. The maximum Gasteiger partial charge on any atom is 0.259 e. The lowest BCUT2D eigenvalue weighted by atomic mass is 10.2. The maximum absolute atomic E-state index is 11.8. The summed E-state index contributed by atoms with van der Waals surface area (Å²) in [6.45, 7) is 0.0915. The number of ether oxygens (including phenoxy) is 2. The quantitative estimate of drug-likeness (QED) is 0.596.